The lowest BCUT2D eigenvalue weighted by atomic mass is 10.2. The standard InChI is InChI=1S/C14H19N3O/c1-2-10-18-13-6-4-12(5-7-13)11-17-14-15-8-3-9-16-14/h2,4-7H,1,3,8-11H2,(H2,15,16,17). The van der Waals surface area contributed by atoms with Crippen LogP contribution >= 0.6 is 0 Å². The van der Waals surface area contributed by atoms with Crippen LogP contribution in [0.1, 0.15) is 12.0 Å². The van der Waals surface area contributed by atoms with E-state index in [-0.39, 0.29) is 0 Å². The molecule has 0 aromatic heterocycles. The van der Waals surface area contributed by atoms with E-state index in [1.165, 1.54) is 5.56 Å². The molecule has 2 N–H and O–H groups in total. The number of benzene rings is 1. The maximum atomic E-state index is 5.43. The molecule has 1 aliphatic heterocycles. The number of guanidine groups is 1. The fraction of sp³-hybridized carbons (Fsp3) is 0.357. The van der Waals surface area contributed by atoms with E-state index in [1.807, 2.05) is 12.1 Å². The predicted octanol–water partition coefficient (Wildman–Crippen LogP) is 1.69. The van der Waals surface area contributed by atoms with Gasteiger partial charge in [0.1, 0.15) is 12.4 Å². The molecule has 96 valence electrons. The molecule has 0 spiro atoms. The summed E-state index contributed by atoms with van der Waals surface area (Å²) in [6.07, 6.45) is 2.85. The summed E-state index contributed by atoms with van der Waals surface area (Å²) in [5, 5.41) is 6.51. The number of aliphatic imine (C=N–C) groups is 1. The van der Waals surface area contributed by atoms with E-state index in [9.17, 15) is 0 Å². The Balaban J connectivity index is 1.82. The van der Waals surface area contributed by atoms with E-state index in [1.54, 1.807) is 6.08 Å². The second-order valence-electron chi connectivity index (χ2n) is 4.11. The molecule has 0 unspecified atom stereocenters. The third kappa shape index (κ3) is 3.80. The van der Waals surface area contributed by atoms with Crippen molar-refractivity contribution in [3.8, 4) is 5.75 Å². The highest BCUT2D eigenvalue weighted by Gasteiger charge is 2.02. The van der Waals surface area contributed by atoms with Gasteiger partial charge in [-0.25, -0.2) is 0 Å². The Morgan fingerprint density at radius 1 is 1.39 bits per heavy atom. The first-order valence-corrected chi connectivity index (χ1v) is 6.23. The summed E-state index contributed by atoms with van der Waals surface area (Å²) in [4.78, 5) is 4.36. The van der Waals surface area contributed by atoms with Crippen molar-refractivity contribution < 1.29 is 4.74 Å². The Bertz CT molecular complexity index is 412. The third-order valence-electron chi connectivity index (χ3n) is 2.65. The van der Waals surface area contributed by atoms with Crippen LogP contribution in [0.3, 0.4) is 0 Å². The average molecular weight is 245 g/mol. The lowest BCUT2D eigenvalue weighted by molar-refractivity contribution is 0.363. The fourth-order valence-electron chi connectivity index (χ4n) is 1.70. The second kappa shape index (κ2) is 6.69. The first kappa shape index (κ1) is 12.5. The molecule has 18 heavy (non-hydrogen) atoms. The average Bonchev–Trinajstić information content (AvgIpc) is 2.45. The largest absolute Gasteiger partial charge is 0.490 e. The molecule has 4 nitrogen and oxygen atoms in total. The van der Waals surface area contributed by atoms with Gasteiger partial charge in [-0.05, 0) is 24.1 Å². The molecule has 0 saturated carbocycles. The van der Waals surface area contributed by atoms with Gasteiger partial charge in [0, 0.05) is 19.6 Å². The number of hydrogen-bond acceptors (Lipinski definition) is 4. The van der Waals surface area contributed by atoms with Gasteiger partial charge in [-0.2, -0.15) is 0 Å². The monoisotopic (exact) mass is 245 g/mol. The van der Waals surface area contributed by atoms with E-state index >= 15 is 0 Å². The van der Waals surface area contributed by atoms with Crippen molar-refractivity contribution in [1.82, 2.24) is 10.6 Å². The molecule has 0 bridgehead atoms. The Hall–Kier alpha value is -1.97. The van der Waals surface area contributed by atoms with Gasteiger partial charge < -0.3 is 15.4 Å². The van der Waals surface area contributed by atoms with E-state index in [4.69, 9.17) is 4.74 Å². The van der Waals surface area contributed by atoms with E-state index in [2.05, 4.69) is 34.3 Å². The van der Waals surface area contributed by atoms with Crippen LogP contribution in [0, 0.1) is 0 Å². The van der Waals surface area contributed by atoms with Gasteiger partial charge in [0.25, 0.3) is 0 Å². The van der Waals surface area contributed by atoms with Crippen molar-refractivity contribution in [3.63, 3.8) is 0 Å². The smallest absolute Gasteiger partial charge is 0.191 e. The first-order chi connectivity index (χ1) is 8.88. The molecule has 4 heteroatoms. The highest BCUT2D eigenvalue weighted by Crippen LogP contribution is 2.11. The van der Waals surface area contributed by atoms with Crippen molar-refractivity contribution in [2.75, 3.05) is 19.7 Å². The normalized spacial score (nSPS) is 14.3. The summed E-state index contributed by atoms with van der Waals surface area (Å²) >= 11 is 0. The molecule has 0 radical (unpaired) electrons. The summed E-state index contributed by atoms with van der Waals surface area (Å²) in [5.41, 5.74) is 1.20. The number of nitrogens with zero attached hydrogens (tertiary/aromatic N) is 1. The molecule has 1 heterocycles. The van der Waals surface area contributed by atoms with Gasteiger partial charge in [-0.15, -0.1) is 0 Å². The number of ether oxygens (including phenoxy) is 1. The van der Waals surface area contributed by atoms with Crippen LogP contribution in [0.2, 0.25) is 0 Å². The molecule has 0 fully saturated rings. The molecule has 0 aliphatic carbocycles. The van der Waals surface area contributed by atoms with Gasteiger partial charge in [-0.3, -0.25) is 4.99 Å². The zero-order chi connectivity index (χ0) is 12.6. The highest BCUT2D eigenvalue weighted by atomic mass is 16.5. The lowest BCUT2D eigenvalue weighted by Gasteiger charge is -2.16. The topological polar surface area (TPSA) is 45.6 Å². The van der Waals surface area contributed by atoms with Crippen LogP contribution in [0.25, 0.3) is 0 Å². The minimum Gasteiger partial charge on any atom is -0.490 e. The van der Waals surface area contributed by atoms with Crippen molar-refractivity contribution in [2.45, 2.75) is 13.0 Å². The Labute approximate surface area is 108 Å². The third-order valence-corrected chi connectivity index (χ3v) is 2.65. The quantitative estimate of drug-likeness (QED) is 0.776. The minimum atomic E-state index is 0.540. The van der Waals surface area contributed by atoms with Gasteiger partial charge in [0.15, 0.2) is 5.96 Å². The summed E-state index contributed by atoms with van der Waals surface area (Å²) < 4.78 is 5.43. The summed E-state index contributed by atoms with van der Waals surface area (Å²) in [5.74, 6) is 1.76. The maximum absolute atomic E-state index is 5.43. The molecule has 0 amide bonds. The fourth-order valence-corrected chi connectivity index (χ4v) is 1.70. The molecular formula is C14H19N3O. The van der Waals surface area contributed by atoms with Crippen LogP contribution < -0.4 is 15.4 Å². The Morgan fingerprint density at radius 2 is 2.22 bits per heavy atom. The van der Waals surface area contributed by atoms with Crippen LogP contribution in [0.15, 0.2) is 41.9 Å². The SMILES string of the molecule is C=CCOc1ccc(CNC2=NCCCN2)cc1. The number of rotatable bonds is 5. The van der Waals surface area contributed by atoms with Crippen molar-refractivity contribution in [1.29, 1.82) is 0 Å². The highest BCUT2D eigenvalue weighted by molar-refractivity contribution is 5.80. The number of nitrogens with one attached hydrogen (secondary N) is 2. The summed E-state index contributed by atoms with van der Waals surface area (Å²) in [7, 11) is 0. The van der Waals surface area contributed by atoms with Crippen LogP contribution in [-0.4, -0.2) is 25.7 Å². The Morgan fingerprint density at radius 3 is 2.89 bits per heavy atom. The van der Waals surface area contributed by atoms with Gasteiger partial charge in [0.2, 0.25) is 0 Å². The lowest BCUT2D eigenvalue weighted by Crippen LogP contribution is -2.40. The molecular weight excluding hydrogens is 226 g/mol. The zero-order valence-corrected chi connectivity index (χ0v) is 10.5. The van der Waals surface area contributed by atoms with Crippen LogP contribution in [0.5, 0.6) is 5.75 Å². The Kier molecular flexibility index (Phi) is 4.64. The molecule has 0 atom stereocenters. The summed E-state index contributed by atoms with van der Waals surface area (Å²) in [6, 6.07) is 8.04. The van der Waals surface area contributed by atoms with Gasteiger partial charge >= 0.3 is 0 Å². The van der Waals surface area contributed by atoms with Crippen molar-refractivity contribution in [3.05, 3.63) is 42.5 Å². The van der Waals surface area contributed by atoms with Crippen LogP contribution in [0.4, 0.5) is 0 Å². The molecule has 1 aromatic carbocycles. The minimum absolute atomic E-state index is 0.540. The second-order valence-corrected chi connectivity index (χ2v) is 4.11. The van der Waals surface area contributed by atoms with Gasteiger partial charge in [0.05, 0.1) is 0 Å². The molecule has 0 saturated heterocycles. The van der Waals surface area contributed by atoms with E-state index in [0.717, 1.165) is 37.8 Å². The van der Waals surface area contributed by atoms with E-state index in [0.29, 0.717) is 6.61 Å². The maximum Gasteiger partial charge on any atom is 0.191 e. The molecule has 2 rings (SSSR count). The van der Waals surface area contributed by atoms with E-state index < -0.39 is 0 Å². The number of hydrogen-bond donors (Lipinski definition) is 2. The van der Waals surface area contributed by atoms with Crippen LogP contribution in [-0.2, 0) is 6.54 Å². The molecule has 1 aliphatic rings. The van der Waals surface area contributed by atoms with Crippen molar-refractivity contribution in [2.24, 2.45) is 4.99 Å². The van der Waals surface area contributed by atoms with Gasteiger partial charge in [-0.1, -0.05) is 24.8 Å². The van der Waals surface area contributed by atoms with Crippen molar-refractivity contribution >= 4 is 5.96 Å². The zero-order valence-electron chi connectivity index (χ0n) is 10.5. The first-order valence-electron chi connectivity index (χ1n) is 6.23. The molecule has 1 aromatic rings. The predicted molar refractivity (Wildman–Crippen MR) is 73.9 cm³/mol. The summed E-state index contributed by atoms with van der Waals surface area (Å²) in [6.45, 7) is 6.84.